The SMILES string of the molecule is CS(C)=O.N#Cc1ccccc1.OCc1ccccc1. The van der Waals surface area contributed by atoms with E-state index in [9.17, 15) is 4.21 Å². The van der Waals surface area contributed by atoms with Crippen LogP contribution in [0, 0.1) is 11.3 Å². The standard InChI is InChI=1S/C7H5N.C7H8O.C2H6OS/c2*8-6-7-4-2-1-3-5-7;1-4(2)3/h1-5H;1-5,8H,6H2;1-2H3. The summed E-state index contributed by atoms with van der Waals surface area (Å²) in [5.41, 5.74) is 1.68. The molecule has 2 aromatic carbocycles. The van der Waals surface area contributed by atoms with Gasteiger partial charge in [0, 0.05) is 23.3 Å². The minimum absolute atomic E-state index is 0.140. The average molecular weight is 289 g/mol. The van der Waals surface area contributed by atoms with E-state index in [1.54, 1.807) is 24.6 Å². The van der Waals surface area contributed by atoms with E-state index < -0.39 is 10.8 Å². The van der Waals surface area contributed by atoms with E-state index >= 15 is 0 Å². The Bertz CT molecular complexity index is 517. The third-order valence-electron chi connectivity index (χ3n) is 1.93. The molecule has 2 rings (SSSR count). The number of aliphatic hydroxyl groups is 1. The van der Waals surface area contributed by atoms with E-state index in [0.717, 1.165) is 5.56 Å². The lowest BCUT2D eigenvalue weighted by molar-refractivity contribution is 0.282. The molecule has 0 aliphatic heterocycles. The lowest BCUT2D eigenvalue weighted by atomic mass is 10.2. The fourth-order valence-corrected chi connectivity index (χ4v) is 1.10. The molecule has 0 aromatic heterocycles. The molecule has 0 spiro atoms. The number of rotatable bonds is 1. The largest absolute Gasteiger partial charge is 0.392 e. The Kier molecular flexibility index (Phi) is 10.9. The molecule has 3 nitrogen and oxygen atoms in total. The van der Waals surface area contributed by atoms with Crippen molar-refractivity contribution in [2.24, 2.45) is 0 Å². The average Bonchev–Trinajstić information content (AvgIpc) is 2.49. The van der Waals surface area contributed by atoms with Crippen LogP contribution in [-0.4, -0.2) is 21.8 Å². The van der Waals surface area contributed by atoms with Crippen molar-refractivity contribution in [1.29, 1.82) is 5.26 Å². The van der Waals surface area contributed by atoms with Crippen LogP contribution < -0.4 is 0 Å². The molecule has 0 amide bonds. The fourth-order valence-electron chi connectivity index (χ4n) is 1.10. The molecule has 106 valence electrons. The normalized spacial score (nSPS) is 8.55. The van der Waals surface area contributed by atoms with E-state index in [1.807, 2.05) is 54.6 Å². The second kappa shape index (κ2) is 12.1. The number of hydrogen-bond acceptors (Lipinski definition) is 3. The smallest absolute Gasteiger partial charge is 0.0991 e. The molecule has 0 atom stereocenters. The summed E-state index contributed by atoms with van der Waals surface area (Å²) in [5.74, 6) is 0. The summed E-state index contributed by atoms with van der Waals surface area (Å²) in [6.45, 7) is 0.140. The molecule has 0 radical (unpaired) electrons. The zero-order valence-corrected chi connectivity index (χ0v) is 12.5. The number of benzene rings is 2. The lowest BCUT2D eigenvalue weighted by Gasteiger charge is -1.89. The molecule has 0 bridgehead atoms. The maximum Gasteiger partial charge on any atom is 0.0991 e. The molecule has 0 aliphatic carbocycles. The number of nitrogens with zero attached hydrogens (tertiary/aromatic N) is 1. The van der Waals surface area contributed by atoms with Crippen molar-refractivity contribution in [2.45, 2.75) is 6.61 Å². The molecule has 20 heavy (non-hydrogen) atoms. The van der Waals surface area contributed by atoms with E-state index in [0.29, 0.717) is 5.56 Å². The van der Waals surface area contributed by atoms with Gasteiger partial charge in [0.15, 0.2) is 0 Å². The molecule has 0 aliphatic rings. The molecule has 4 heteroatoms. The first-order valence-electron chi connectivity index (χ1n) is 5.95. The van der Waals surface area contributed by atoms with Crippen molar-refractivity contribution in [3.8, 4) is 6.07 Å². The Hall–Kier alpha value is -1.96. The molecular weight excluding hydrogens is 270 g/mol. The van der Waals surface area contributed by atoms with Crippen LogP contribution in [0.3, 0.4) is 0 Å². The summed E-state index contributed by atoms with van der Waals surface area (Å²) in [6, 6.07) is 20.7. The van der Waals surface area contributed by atoms with Crippen LogP contribution in [0.25, 0.3) is 0 Å². The zero-order chi connectivity index (χ0) is 15.2. The Morgan fingerprint density at radius 1 is 1.00 bits per heavy atom. The summed E-state index contributed by atoms with van der Waals surface area (Å²) in [4.78, 5) is 0. The molecule has 0 unspecified atom stereocenters. The van der Waals surface area contributed by atoms with Crippen LogP contribution in [-0.2, 0) is 17.4 Å². The maximum absolute atomic E-state index is 9.56. The minimum atomic E-state index is -0.611. The van der Waals surface area contributed by atoms with Gasteiger partial charge in [-0.2, -0.15) is 5.26 Å². The van der Waals surface area contributed by atoms with Gasteiger partial charge in [-0.3, -0.25) is 4.21 Å². The number of hydrogen-bond donors (Lipinski definition) is 1. The van der Waals surface area contributed by atoms with Crippen LogP contribution in [0.5, 0.6) is 0 Å². The van der Waals surface area contributed by atoms with Crippen LogP contribution in [0.4, 0.5) is 0 Å². The predicted molar refractivity (Wildman–Crippen MR) is 83.5 cm³/mol. The summed E-state index contributed by atoms with van der Waals surface area (Å²) in [7, 11) is -0.611. The van der Waals surface area contributed by atoms with Gasteiger partial charge in [-0.1, -0.05) is 48.5 Å². The van der Waals surface area contributed by atoms with E-state index in [-0.39, 0.29) is 6.61 Å². The van der Waals surface area contributed by atoms with Crippen LogP contribution in [0.15, 0.2) is 60.7 Å². The van der Waals surface area contributed by atoms with Crippen molar-refractivity contribution in [3.05, 3.63) is 71.8 Å². The van der Waals surface area contributed by atoms with E-state index in [4.69, 9.17) is 10.4 Å². The summed E-state index contributed by atoms with van der Waals surface area (Å²) >= 11 is 0. The third kappa shape index (κ3) is 11.1. The highest BCUT2D eigenvalue weighted by atomic mass is 32.2. The summed E-state index contributed by atoms with van der Waals surface area (Å²) < 4.78 is 9.56. The lowest BCUT2D eigenvalue weighted by Crippen LogP contribution is -1.77. The first kappa shape index (κ1) is 18.0. The fraction of sp³-hybridized carbons (Fsp3) is 0.188. The number of aliphatic hydroxyl groups excluding tert-OH is 1. The van der Waals surface area contributed by atoms with Gasteiger partial charge in [-0.05, 0) is 17.7 Å². The van der Waals surface area contributed by atoms with Gasteiger partial charge >= 0.3 is 0 Å². The Labute approximate surface area is 123 Å². The molecule has 0 heterocycles. The molecule has 0 fully saturated rings. The van der Waals surface area contributed by atoms with Crippen molar-refractivity contribution in [2.75, 3.05) is 12.5 Å². The minimum Gasteiger partial charge on any atom is -0.392 e. The van der Waals surface area contributed by atoms with Crippen molar-refractivity contribution >= 4 is 10.8 Å². The van der Waals surface area contributed by atoms with Gasteiger partial charge in [0.2, 0.25) is 0 Å². The highest BCUT2D eigenvalue weighted by Crippen LogP contribution is 1.95. The van der Waals surface area contributed by atoms with Gasteiger partial charge in [-0.25, -0.2) is 0 Å². The second-order valence-corrected chi connectivity index (χ2v) is 5.35. The second-order valence-electron chi connectivity index (χ2n) is 3.86. The van der Waals surface area contributed by atoms with Gasteiger partial charge < -0.3 is 5.11 Å². The Morgan fingerprint density at radius 2 is 1.40 bits per heavy atom. The summed E-state index contributed by atoms with van der Waals surface area (Å²) in [6.07, 6.45) is 3.28. The van der Waals surface area contributed by atoms with Crippen LogP contribution in [0.1, 0.15) is 11.1 Å². The molecular formula is C16H19NO2S. The zero-order valence-electron chi connectivity index (χ0n) is 11.7. The quantitative estimate of drug-likeness (QED) is 0.878. The number of nitriles is 1. The molecule has 1 N–H and O–H groups in total. The molecule has 2 aromatic rings. The highest BCUT2D eigenvalue weighted by Gasteiger charge is 1.81. The van der Waals surface area contributed by atoms with Gasteiger partial charge in [0.25, 0.3) is 0 Å². The summed E-state index contributed by atoms with van der Waals surface area (Å²) in [5, 5.41) is 16.8. The monoisotopic (exact) mass is 289 g/mol. The Morgan fingerprint density at radius 3 is 1.65 bits per heavy atom. The van der Waals surface area contributed by atoms with Gasteiger partial charge in [0.05, 0.1) is 18.2 Å². The first-order chi connectivity index (χ1) is 9.60. The maximum atomic E-state index is 9.56. The van der Waals surface area contributed by atoms with Gasteiger partial charge in [-0.15, -0.1) is 0 Å². The molecule has 0 saturated carbocycles. The highest BCUT2D eigenvalue weighted by molar-refractivity contribution is 7.83. The topological polar surface area (TPSA) is 61.1 Å². The van der Waals surface area contributed by atoms with Crippen molar-refractivity contribution < 1.29 is 9.32 Å². The molecule has 0 saturated heterocycles. The van der Waals surface area contributed by atoms with Crippen molar-refractivity contribution in [1.82, 2.24) is 0 Å². The first-order valence-corrected chi connectivity index (χ1v) is 7.91. The van der Waals surface area contributed by atoms with Crippen LogP contribution >= 0.6 is 0 Å². The van der Waals surface area contributed by atoms with Crippen LogP contribution in [0.2, 0.25) is 0 Å². The van der Waals surface area contributed by atoms with Crippen molar-refractivity contribution in [3.63, 3.8) is 0 Å². The van der Waals surface area contributed by atoms with Gasteiger partial charge in [0.1, 0.15) is 0 Å². The third-order valence-corrected chi connectivity index (χ3v) is 1.93. The predicted octanol–water partition coefficient (Wildman–Crippen LogP) is 2.73. The van der Waals surface area contributed by atoms with E-state index in [1.165, 1.54) is 0 Å². The van der Waals surface area contributed by atoms with E-state index in [2.05, 4.69) is 0 Å². The Balaban J connectivity index is 0.000000289.